The number of nitrogens with zero attached hydrogens (tertiary/aromatic N) is 3. The van der Waals surface area contributed by atoms with E-state index >= 15 is 0 Å². The first-order valence-corrected chi connectivity index (χ1v) is 9.51. The molecule has 2 heterocycles. The van der Waals surface area contributed by atoms with E-state index in [2.05, 4.69) is 59.4 Å². The number of hydrogen-bond donors (Lipinski definition) is 1. The number of rotatable bonds is 6. The van der Waals surface area contributed by atoms with Crippen molar-refractivity contribution in [2.24, 2.45) is 0 Å². The second-order valence-electron chi connectivity index (χ2n) is 7.66. The summed E-state index contributed by atoms with van der Waals surface area (Å²) in [7, 11) is 0. The number of nitrogens with one attached hydrogen (secondary N) is 1. The van der Waals surface area contributed by atoms with Gasteiger partial charge in [0.2, 0.25) is 5.58 Å². The minimum atomic E-state index is 0.177. The molecule has 0 spiro atoms. The second-order valence-corrected chi connectivity index (χ2v) is 7.66. The van der Waals surface area contributed by atoms with E-state index in [4.69, 9.17) is 4.52 Å². The molecule has 0 atom stereocenters. The van der Waals surface area contributed by atoms with Gasteiger partial charge >= 0.3 is 0 Å². The van der Waals surface area contributed by atoms with Gasteiger partial charge in [-0.25, -0.2) is 9.97 Å². The van der Waals surface area contributed by atoms with E-state index in [0.717, 1.165) is 28.4 Å². The topological polar surface area (TPSA) is 63.8 Å². The maximum atomic E-state index is 5.72. The van der Waals surface area contributed by atoms with Gasteiger partial charge in [-0.15, -0.1) is 0 Å². The first-order valence-electron chi connectivity index (χ1n) is 9.51. The molecule has 136 valence electrons. The third kappa shape index (κ3) is 3.06. The molecule has 1 fully saturated rings. The number of anilines is 1. The molecule has 1 aliphatic carbocycles. The fraction of sp³-hybridized carbons (Fsp3) is 0.476. The third-order valence-electron chi connectivity index (χ3n) is 5.31. The minimum Gasteiger partial charge on any atom is -0.361 e. The highest BCUT2D eigenvalue weighted by molar-refractivity contribution is 5.94. The van der Waals surface area contributed by atoms with Crippen LogP contribution >= 0.6 is 0 Å². The Hall–Kier alpha value is -2.43. The average Bonchev–Trinajstić information content (AvgIpc) is 3.23. The van der Waals surface area contributed by atoms with Crippen LogP contribution in [-0.2, 0) is 0 Å². The number of hydrogen-bond acceptors (Lipinski definition) is 5. The van der Waals surface area contributed by atoms with Gasteiger partial charge in [-0.05, 0) is 45.6 Å². The van der Waals surface area contributed by atoms with Gasteiger partial charge in [0.1, 0.15) is 17.0 Å². The molecule has 1 saturated carbocycles. The SMILES string of the molecule is CCCCC1(Nc2nc(C)nc3c(-c4ccc(C)cc4C)noc23)CC1. The van der Waals surface area contributed by atoms with Crippen LogP contribution in [0.15, 0.2) is 22.7 Å². The Bertz CT molecular complexity index is 956. The van der Waals surface area contributed by atoms with Crippen molar-refractivity contribution in [3.63, 3.8) is 0 Å². The molecule has 26 heavy (non-hydrogen) atoms. The summed E-state index contributed by atoms with van der Waals surface area (Å²) < 4.78 is 5.72. The lowest BCUT2D eigenvalue weighted by molar-refractivity contribution is 0.458. The predicted octanol–water partition coefficient (Wildman–Crippen LogP) is 5.34. The Morgan fingerprint density at radius 2 is 1.96 bits per heavy atom. The molecule has 1 N–H and O–H groups in total. The highest BCUT2D eigenvalue weighted by atomic mass is 16.5. The fourth-order valence-corrected chi connectivity index (χ4v) is 3.64. The molecular formula is C21H26N4O. The molecule has 1 aromatic carbocycles. The van der Waals surface area contributed by atoms with Gasteiger partial charge in [0.25, 0.3) is 0 Å². The molecule has 0 aliphatic heterocycles. The van der Waals surface area contributed by atoms with Crippen LogP contribution in [-0.4, -0.2) is 20.7 Å². The zero-order valence-corrected chi connectivity index (χ0v) is 16.0. The summed E-state index contributed by atoms with van der Waals surface area (Å²) in [6.45, 7) is 8.35. The second kappa shape index (κ2) is 6.38. The van der Waals surface area contributed by atoms with Crippen LogP contribution in [0.3, 0.4) is 0 Å². The van der Waals surface area contributed by atoms with E-state index in [9.17, 15) is 0 Å². The van der Waals surface area contributed by atoms with Crippen LogP contribution in [0.25, 0.3) is 22.4 Å². The highest BCUT2D eigenvalue weighted by Gasteiger charge is 2.42. The Labute approximate surface area is 154 Å². The molecule has 0 amide bonds. The number of aryl methyl sites for hydroxylation is 3. The lowest BCUT2D eigenvalue weighted by Crippen LogP contribution is -2.22. The van der Waals surface area contributed by atoms with Gasteiger partial charge in [-0.2, -0.15) is 0 Å². The summed E-state index contributed by atoms with van der Waals surface area (Å²) in [5.74, 6) is 1.52. The molecule has 0 unspecified atom stereocenters. The van der Waals surface area contributed by atoms with E-state index in [1.165, 1.54) is 43.2 Å². The monoisotopic (exact) mass is 350 g/mol. The smallest absolute Gasteiger partial charge is 0.228 e. The van der Waals surface area contributed by atoms with Crippen molar-refractivity contribution in [1.29, 1.82) is 0 Å². The lowest BCUT2D eigenvalue weighted by atomic mass is 10.0. The Balaban J connectivity index is 1.76. The zero-order chi connectivity index (χ0) is 18.3. The van der Waals surface area contributed by atoms with E-state index in [-0.39, 0.29) is 5.54 Å². The number of fused-ring (bicyclic) bond motifs is 1. The average molecular weight is 350 g/mol. The van der Waals surface area contributed by atoms with Crippen molar-refractivity contribution >= 4 is 16.9 Å². The molecule has 4 rings (SSSR count). The summed E-state index contributed by atoms with van der Waals surface area (Å²) in [6, 6.07) is 6.35. The van der Waals surface area contributed by atoms with Crippen molar-refractivity contribution in [2.75, 3.05) is 5.32 Å². The van der Waals surface area contributed by atoms with E-state index < -0.39 is 0 Å². The summed E-state index contributed by atoms with van der Waals surface area (Å²) >= 11 is 0. The van der Waals surface area contributed by atoms with Crippen LogP contribution < -0.4 is 5.32 Å². The Morgan fingerprint density at radius 1 is 1.15 bits per heavy atom. The van der Waals surface area contributed by atoms with Crippen molar-refractivity contribution in [3.8, 4) is 11.3 Å². The summed E-state index contributed by atoms with van der Waals surface area (Å²) in [4.78, 5) is 9.26. The lowest BCUT2D eigenvalue weighted by Gasteiger charge is -2.17. The first-order chi connectivity index (χ1) is 12.5. The molecule has 3 aromatic rings. The number of unbranched alkanes of at least 4 members (excludes halogenated alkanes) is 1. The van der Waals surface area contributed by atoms with E-state index in [0.29, 0.717) is 5.58 Å². The van der Waals surface area contributed by atoms with Gasteiger partial charge in [-0.3, -0.25) is 0 Å². The van der Waals surface area contributed by atoms with Crippen LogP contribution in [0.1, 0.15) is 56.0 Å². The predicted molar refractivity (Wildman–Crippen MR) is 104 cm³/mol. The largest absolute Gasteiger partial charge is 0.361 e. The molecule has 5 heteroatoms. The third-order valence-corrected chi connectivity index (χ3v) is 5.31. The van der Waals surface area contributed by atoms with Crippen molar-refractivity contribution < 1.29 is 4.52 Å². The van der Waals surface area contributed by atoms with Crippen molar-refractivity contribution in [1.82, 2.24) is 15.1 Å². The molecule has 2 aromatic heterocycles. The van der Waals surface area contributed by atoms with E-state index in [1.54, 1.807) is 0 Å². The van der Waals surface area contributed by atoms with Gasteiger partial charge in [-0.1, -0.05) is 48.7 Å². The Kier molecular flexibility index (Phi) is 4.17. The summed E-state index contributed by atoms with van der Waals surface area (Å²) in [6.07, 6.45) is 5.99. The standard InChI is InChI=1S/C21H26N4O/c1-5-6-9-21(10-11-21)24-20-19-18(22-15(4)23-20)17(25-26-19)16-8-7-13(2)12-14(16)3/h7-8,12H,5-6,9-11H2,1-4H3,(H,22,23,24). The zero-order valence-electron chi connectivity index (χ0n) is 16.0. The van der Waals surface area contributed by atoms with Crippen molar-refractivity contribution in [3.05, 3.63) is 35.2 Å². The first kappa shape index (κ1) is 17.0. The van der Waals surface area contributed by atoms with Gasteiger partial charge in [0, 0.05) is 11.1 Å². The molecule has 5 nitrogen and oxygen atoms in total. The van der Waals surface area contributed by atoms with E-state index in [1.807, 2.05) is 6.92 Å². The molecule has 1 aliphatic rings. The molecule has 0 radical (unpaired) electrons. The summed E-state index contributed by atoms with van der Waals surface area (Å²) in [5, 5.41) is 8.00. The normalized spacial score (nSPS) is 15.4. The van der Waals surface area contributed by atoms with Gasteiger partial charge in [0.15, 0.2) is 5.82 Å². The highest BCUT2D eigenvalue weighted by Crippen LogP contribution is 2.44. The minimum absolute atomic E-state index is 0.177. The van der Waals surface area contributed by atoms with Crippen LogP contribution in [0.2, 0.25) is 0 Å². The van der Waals surface area contributed by atoms with Crippen LogP contribution in [0, 0.1) is 20.8 Å². The maximum Gasteiger partial charge on any atom is 0.228 e. The van der Waals surface area contributed by atoms with Gasteiger partial charge < -0.3 is 9.84 Å². The van der Waals surface area contributed by atoms with Crippen LogP contribution in [0.4, 0.5) is 5.82 Å². The van der Waals surface area contributed by atoms with Crippen molar-refractivity contribution in [2.45, 2.75) is 65.3 Å². The van der Waals surface area contributed by atoms with Crippen LogP contribution in [0.5, 0.6) is 0 Å². The fourth-order valence-electron chi connectivity index (χ4n) is 3.64. The quantitative estimate of drug-likeness (QED) is 0.649. The maximum absolute atomic E-state index is 5.72. The molecular weight excluding hydrogens is 324 g/mol. The molecule has 0 saturated heterocycles. The summed E-state index contributed by atoms with van der Waals surface area (Å²) in [5.41, 5.74) is 5.89. The number of aromatic nitrogens is 3. The Morgan fingerprint density at radius 3 is 2.65 bits per heavy atom. The number of benzene rings is 1. The van der Waals surface area contributed by atoms with Gasteiger partial charge in [0.05, 0.1) is 0 Å². The molecule has 0 bridgehead atoms.